The third-order valence-electron chi connectivity index (χ3n) is 2.49. The topological polar surface area (TPSA) is 73.6 Å². The predicted molar refractivity (Wildman–Crippen MR) is 75.4 cm³/mol. The second-order valence-electron chi connectivity index (χ2n) is 3.78. The Morgan fingerprint density at radius 2 is 1.95 bits per heavy atom. The van der Waals surface area contributed by atoms with E-state index in [2.05, 4.69) is 5.48 Å². The SMILES string of the molecule is COc1cc(NOc2ccccc2)c([N+](=O)[O-])cc1Cl. The Bertz CT molecular complexity index is 619. The van der Waals surface area contributed by atoms with Crippen LogP contribution in [0.2, 0.25) is 5.02 Å². The second-order valence-corrected chi connectivity index (χ2v) is 4.19. The van der Waals surface area contributed by atoms with Crippen LogP contribution in [-0.2, 0) is 0 Å². The second kappa shape index (κ2) is 6.12. The zero-order valence-corrected chi connectivity index (χ0v) is 11.3. The molecule has 0 aliphatic heterocycles. The van der Waals surface area contributed by atoms with Gasteiger partial charge in [-0.2, -0.15) is 0 Å². The van der Waals surface area contributed by atoms with Crippen molar-refractivity contribution in [3.05, 3.63) is 57.6 Å². The Morgan fingerprint density at radius 1 is 1.25 bits per heavy atom. The molecule has 0 atom stereocenters. The molecule has 0 radical (unpaired) electrons. The molecule has 1 N–H and O–H groups in total. The molecule has 0 spiro atoms. The minimum Gasteiger partial charge on any atom is -0.495 e. The molecule has 0 bridgehead atoms. The average Bonchev–Trinajstić information content (AvgIpc) is 2.46. The van der Waals surface area contributed by atoms with Crippen LogP contribution in [0.15, 0.2) is 42.5 Å². The molecule has 2 rings (SSSR count). The lowest BCUT2D eigenvalue weighted by Gasteiger charge is -2.10. The van der Waals surface area contributed by atoms with Crippen molar-refractivity contribution in [3.63, 3.8) is 0 Å². The fraction of sp³-hybridized carbons (Fsp3) is 0.0769. The maximum absolute atomic E-state index is 11.0. The van der Waals surface area contributed by atoms with Gasteiger partial charge in [0.15, 0.2) is 11.4 Å². The summed E-state index contributed by atoms with van der Waals surface area (Å²) in [6.07, 6.45) is 0. The Morgan fingerprint density at radius 3 is 2.55 bits per heavy atom. The van der Waals surface area contributed by atoms with Crippen LogP contribution in [0.25, 0.3) is 0 Å². The van der Waals surface area contributed by atoms with Gasteiger partial charge in [-0.3, -0.25) is 10.1 Å². The zero-order chi connectivity index (χ0) is 14.5. The van der Waals surface area contributed by atoms with E-state index in [9.17, 15) is 10.1 Å². The highest BCUT2D eigenvalue weighted by Crippen LogP contribution is 2.35. The van der Waals surface area contributed by atoms with Gasteiger partial charge in [0, 0.05) is 12.1 Å². The third-order valence-corrected chi connectivity index (χ3v) is 2.78. The highest BCUT2D eigenvalue weighted by Gasteiger charge is 2.18. The van der Waals surface area contributed by atoms with Crippen molar-refractivity contribution in [2.45, 2.75) is 0 Å². The first-order valence-electron chi connectivity index (χ1n) is 5.61. The molecule has 0 aliphatic carbocycles. The molecule has 0 heterocycles. The largest absolute Gasteiger partial charge is 0.495 e. The number of methoxy groups -OCH3 is 1. The predicted octanol–water partition coefficient (Wildman–Crippen LogP) is 3.66. The lowest BCUT2D eigenvalue weighted by molar-refractivity contribution is -0.384. The van der Waals surface area contributed by atoms with Crippen LogP contribution >= 0.6 is 11.6 Å². The van der Waals surface area contributed by atoms with Crippen LogP contribution in [-0.4, -0.2) is 12.0 Å². The lowest BCUT2D eigenvalue weighted by Crippen LogP contribution is -2.07. The Balaban J connectivity index is 2.27. The number of nitrogens with one attached hydrogen (secondary N) is 1. The molecule has 0 aromatic heterocycles. The normalized spacial score (nSPS) is 9.90. The van der Waals surface area contributed by atoms with E-state index in [1.807, 2.05) is 6.07 Å². The van der Waals surface area contributed by atoms with Crippen LogP contribution < -0.4 is 15.1 Å². The van der Waals surface area contributed by atoms with Crippen LogP contribution in [0.4, 0.5) is 11.4 Å². The fourth-order valence-corrected chi connectivity index (χ4v) is 1.77. The van der Waals surface area contributed by atoms with Gasteiger partial charge in [-0.25, -0.2) is 5.48 Å². The van der Waals surface area contributed by atoms with E-state index < -0.39 is 4.92 Å². The number of hydrogen-bond acceptors (Lipinski definition) is 5. The van der Waals surface area contributed by atoms with Crippen molar-refractivity contribution in [1.29, 1.82) is 0 Å². The van der Waals surface area contributed by atoms with Gasteiger partial charge in [-0.15, -0.1) is 0 Å². The van der Waals surface area contributed by atoms with Gasteiger partial charge in [0.2, 0.25) is 0 Å². The van der Waals surface area contributed by atoms with E-state index in [4.69, 9.17) is 21.2 Å². The minimum absolute atomic E-state index is 0.153. The van der Waals surface area contributed by atoms with E-state index in [0.717, 1.165) is 0 Å². The molecule has 0 saturated heterocycles. The Hall–Kier alpha value is -2.47. The molecule has 2 aromatic rings. The van der Waals surface area contributed by atoms with Gasteiger partial charge in [0.25, 0.3) is 5.69 Å². The summed E-state index contributed by atoms with van der Waals surface area (Å²) in [5.74, 6) is 0.840. The Kier molecular flexibility index (Phi) is 4.27. The van der Waals surface area contributed by atoms with Crippen LogP contribution in [0.1, 0.15) is 0 Å². The van der Waals surface area contributed by atoms with E-state index in [1.165, 1.54) is 19.2 Å². The van der Waals surface area contributed by atoms with Gasteiger partial charge >= 0.3 is 0 Å². The molecule has 6 nitrogen and oxygen atoms in total. The average molecular weight is 295 g/mol. The molecule has 0 fully saturated rings. The third kappa shape index (κ3) is 3.10. The van der Waals surface area contributed by atoms with Crippen molar-refractivity contribution in [1.82, 2.24) is 0 Å². The monoisotopic (exact) mass is 294 g/mol. The number of para-hydroxylation sites is 1. The summed E-state index contributed by atoms with van der Waals surface area (Å²) < 4.78 is 5.02. The maximum atomic E-state index is 11.0. The first kappa shape index (κ1) is 14.0. The number of nitro benzene ring substituents is 1. The summed E-state index contributed by atoms with van der Waals surface area (Å²) in [6.45, 7) is 0. The highest BCUT2D eigenvalue weighted by molar-refractivity contribution is 6.32. The molecule has 0 unspecified atom stereocenters. The van der Waals surface area contributed by atoms with Crippen molar-refractivity contribution < 1.29 is 14.5 Å². The van der Waals surface area contributed by atoms with Gasteiger partial charge < -0.3 is 9.57 Å². The molecule has 104 valence electrons. The Labute approximate surface area is 120 Å². The van der Waals surface area contributed by atoms with Crippen LogP contribution in [0, 0.1) is 10.1 Å². The summed E-state index contributed by atoms with van der Waals surface area (Å²) in [4.78, 5) is 15.7. The number of nitro groups is 1. The van der Waals surface area contributed by atoms with Crippen molar-refractivity contribution in [3.8, 4) is 11.5 Å². The lowest BCUT2D eigenvalue weighted by atomic mass is 10.2. The van der Waals surface area contributed by atoms with Gasteiger partial charge in [0.05, 0.1) is 17.1 Å². The minimum atomic E-state index is -0.554. The van der Waals surface area contributed by atoms with Crippen LogP contribution in [0.5, 0.6) is 11.5 Å². The quantitative estimate of drug-likeness (QED) is 0.673. The number of nitrogens with zero attached hydrogens (tertiary/aromatic N) is 1. The number of ether oxygens (including phenoxy) is 1. The van der Waals surface area contributed by atoms with E-state index in [1.54, 1.807) is 24.3 Å². The van der Waals surface area contributed by atoms with Crippen molar-refractivity contribution >= 4 is 23.0 Å². The van der Waals surface area contributed by atoms with E-state index in [0.29, 0.717) is 11.5 Å². The summed E-state index contributed by atoms with van der Waals surface area (Å²) in [5, 5.41) is 11.2. The smallest absolute Gasteiger partial charge is 0.297 e. The number of rotatable bonds is 5. The van der Waals surface area contributed by atoms with Gasteiger partial charge in [-0.1, -0.05) is 29.8 Å². The first-order valence-corrected chi connectivity index (χ1v) is 5.99. The molecule has 2 aromatic carbocycles. The molecule has 0 aliphatic rings. The molecular formula is C13H11ClN2O4. The van der Waals surface area contributed by atoms with Gasteiger partial charge in [-0.05, 0) is 12.1 Å². The standard InChI is InChI=1S/C13H11ClN2O4/c1-19-13-8-11(12(16(17)18)7-10(13)14)15-20-9-5-3-2-4-6-9/h2-8,15H,1H3. The molecule has 0 saturated carbocycles. The summed E-state index contributed by atoms with van der Waals surface area (Å²) >= 11 is 5.86. The number of halogens is 1. The van der Waals surface area contributed by atoms with E-state index in [-0.39, 0.29) is 16.4 Å². The fourth-order valence-electron chi connectivity index (χ4n) is 1.53. The summed E-state index contributed by atoms with van der Waals surface area (Å²) in [7, 11) is 1.43. The van der Waals surface area contributed by atoms with Gasteiger partial charge in [0.1, 0.15) is 5.75 Å². The maximum Gasteiger partial charge on any atom is 0.297 e. The summed E-state index contributed by atoms with van der Waals surface area (Å²) in [5.41, 5.74) is 2.48. The molecule has 7 heteroatoms. The van der Waals surface area contributed by atoms with E-state index >= 15 is 0 Å². The first-order chi connectivity index (χ1) is 9.61. The summed E-state index contributed by atoms with van der Waals surface area (Å²) in [6, 6.07) is 11.4. The highest BCUT2D eigenvalue weighted by atomic mass is 35.5. The van der Waals surface area contributed by atoms with Crippen LogP contribution in [0.3, 0.4) is 0 Å². The number of benzene rings is 2. The molecule has 20 heavy (non-hydrogen) atoms. The zero-order valence-electron chi connectivity index (χ0n) is 10.5. The number of anilines is 1. The molecular weight excluding hydrogens is 284 g/mol. The van der Waals surface area contributed by atoms with Crippen molar-refractivity contribution in [2.24, 2.45) is 0 Å². The van der Waals surface area contributed by atoms with Crippen molar-refractivity contribution in [2.75, 3.05) is 12.6 Å². The molecule has 0 amide bonds. The number of hydrogen-bond donors (Lipinski definition) is 1.